The van der Waals surface area contributed by atoms with E-state index in [-0.39, 0.29) is 17.9 Å². The Labute approximate surface area is 152 Å². The van der Waals surface area contributed by atoms with Crippen LogP contribution in [0, 0.1) is 0 Å². The van der Waals surface area contributed by atoms with Crippen molar-refractivity contribution in [2.24, 2.45) is 0 Å². The Morgan fingerprint density at radius 1 is 1.15 bits per heavy atom. The van der Waals surface area contributed by atoms with E-state index < -0.39 is 23.9 Å². The highest BCUT2D eigenvalue weighted by molar-refractivity contribution is 5.96. The summed E-state index contributed by atoms with van der Waals surface area (Å²) < 4.78 is 47.1. The Hall–Kier alpha value is -3.36. The SMILES string of the molecule is COC(=O)C(=Cc1ccc(C(F)(F)F)nc1)NC(=O)OCc1ccccc1. The minimum absolute atomic E-state index is 0.0248. The Kier molecular flexibility index (Phi) is 6.53. The number of pyridine rings is 1. The van der Waals surface area contributed by atoms with E-state index in [1.807, 2.05) is 0 Å². The van der Waals surface area contributed by atoms with Gasteiger partial charge in [0, 0.05) is 6.20 Å². The van der Waals surface area contributed by atoms with Crippen molar-refractivity contribution >= 4 is 18.1 Å². The van der Waals surface area contributed by atoms with Gasteiger partial charge in [0.25, 0.3) is 0 Å². The summed E-state index contributed by atoms with van der Waals surface area (Å²) >= 11 is 0. The van der Waals surface area contributed by atoms with E-state index in [4.69, 9.17) is 4.74 Å². The third kappa shape index (κ3) is 6.14. The number of nitrogens with zero attached hydrogens (tertiary/aromatic N) is 1. The molecule has 0 saturated heterocycles. The summed E-state index contributed by atoms with van der Waals surface area (Å²) in [5, 5.41) is 2.21. The van der Waals surface area contributed by atoms with Gasteiger partial charge in [0.05, 0.1) is 7.11 Å². The van der Waals surface area contributed by atoms with E-state index in [9.17, 15) is 22.8 Å². The molecular formula is C18H15F3N2O4. The van der Waals surface area contributed by atoms with Crippen molar-refractivity contribution in [3.05, 3.63) is 71.2 Å². The molecule has 0 aliphatic heterocycles. The van der Waals surface area contributed by atoms with Crippen LogP contribution in [-0.2, 0) is 27.1 Å². The first-order valence-electron chi connectivity index (χ1n) is 7.60. The lowest BCUT2D eigenvalue weighted by molar-refractivity contribution is -0.141. The maximum atomic E-state index is 12.5. The molecule has 0 atom stereocenters. The molecule has 6 nitrogen and oxygen atoms in total. The third-order valence-corrected chi connectivity index (χ3v) is 3.24. The Bertz CT molecular complexity index is 819. The number of hydrogen-bond donors (Lipinski definition) is 1. The number of esters is 1. The number of carbonyl (C=O) groups is 2. The standard InChI is InChI=1S/C18H15F3N2O4/c1-26-16(24)14(9-13-7-8-15(22-10-13)18(19,20)21)23-17(25)27-11-12-5-3-2-4-6-12/h2-10H,11H2,1H3,(H,23,25). The molecule has 1 N–H and O–H groups in total. The van der Waals surface area contributed by atoms with Gasteiger partial charge in [-0.05, 0) is 23.3 Å². The van der Waals surface area contributed by atoms with Crippen molar-refractivity contribution in [1.29, 1.82) is 0 Å². The van der Waals surface area contributed by atoms with Crippen molar-refractivity contribution < 1.29 is 32.2 Å². The minimum Gasteiger partial charge on any atom is -0.464 e. The lowest BCUT2D eigenvalue weighted by Crippen LogP contribution is -2.28. The summed E-state index contributed by atoms with van der Waals surface area (Å²) in [6, 6.07) is 10.7. The van der Waals surface area contributed by atoms with Gasteiger partial charge in [-0.1, -0.05) is 36.4 Å². The monoisotopic (exact) mass is 380 g/mol. The molecule has 1 amide bonds. The molecule has 0 unspecified atom stereocenters. The molecule has 0 spiro atoms. The lowest BCUT2D eigenvalue weighted by atomic mass is 10.2. The highest BCUT2D eigenvalue weighted by atomic mass is 19.4. The van der Waals surface area contributed by atoms with Gasteiger partial charge in [-0.25, -0.2) is 9.59 Å². The second kappa shape index (κ2) is 8.84. The Morgan fingerprint density at radius 2 is 1.85 bits per heavy atom. The fourth-order valence-corrected chi connectivity index (χ4v) is 1.95. The number of ether oxygens (including phenoxy) is 2. The van der Waals surface area contributed by atoms with Crippen LogP contribution >= 0.6 is 0 Å². The normalized spacial score (nSPS) is 11.6. The molecule has 0 saturated carbocycles. The van der Waals surface area contributed by atoms with E-state index in [0.29, 0.717) is 0 Å². The van der Waals surface area contributed by atoms with Gasteiger partial charge in [-0.3, -0.25) is 10.3 Å². The van der Waals surface area contributed by atoms with E-state index in [1.165, 1.54) is 0 Å². The van der Waals surface area contributed by atoms with Crippen LogP contribution in [-0.4, -0.2) is 24.2 Å². The van der Waals surface area contributed by atoms with Crippen molar-refractivity contribution in [3.63, 3.8) is 0 Å². The topological polar surface area (TPSA) is 77.5 Å². The lowest BCUT2D eigenvalue weighted by Gasteiger charge is -2.10. The zero-order valence-electron chi connectivity index (χ0n) is 14.1. The summed E-state index contributed by atoms with van der Waals surface area (Å²) in [5.41, 5.74) is -0.485. The summed E-state index contributed by atoms with van der Waals surface area (Å²) in [6.07, 6.45) is -3.45. The molecule has 2 aromatic rings. The molecule has 0 bridgehead atoms. The average Bonchev–Trinajstić information content (AvgIpc) is 2.65. The second-order valence-electron chi connectivity index (χ2n) is 5.21. The van der Waals surface area contributed by atoms with Crippen LogP contribution in [0.25, 0.3) is 6.08 Å². The zero-order chi connectivity index (χ0) is 19.9. The predicted octanol–water partition coefficient (Wildman–Crippen LogP) is 3.54. The van der Waals surface area contributed by atoms with Crippen LogP contribution < -0.4 is 5.32 Å². The summed E-state index contributed by atoms with van der Waals surface area (Å²) in [5.74, 6) is -0.897. The first-order chi connectivity index (χ1) is 12.8. The van der Waals surface area contributed by atoms with Gasteiger partial charge in [0.15, 0.2) is 0 Å². The van der Waals surface area contributed by atoms with Crippen molar-refractivity contribution in [2.45, 2.75) is 12.8 Å². The number of alkyl halides is 3. The van der Waals surface area contributed by atoms with Gasteiger partial charge in [-0.2, -0.15) is 13.2 Å². The number of benzene rings is 1. The molecule has 2 rings (SSSR count). The molecule has 0 aliphatic rings. The Balaban J connectivity index is 2.09. The maximum absolute atomic E-state index is 12.5. The van der Waals surface area contributed by atoms with E-state index >= 15 is 0 Å². The molecule has 27 heavy (non-hydrogen) atoms. The van der Waals surface area contributed by atoms with Crippen LogP contribution in [0.5, 0.6) is 0 Å². The number of hydrogen-bond acceptors (Lipinski definition) is 5. The number of amides is 1. The van der Waals surface area contributed by atoms with Gasteiger partial charge < -0.3 is 9.47 Å². The minimum atomic E-state index is -4.58. The van der Waals surface area contributed by atoms with E-state index in [2.05, 4.69) is 15.0 Å². The first kappa shape index (κ1) is 20.0. The van der Waals surface area contributed by atoms with Crippen molar-refractivity contribution in [1.82, 2.24) is 10.3 Å². The third-order valence-electron chi connectivity index (χ3n) is 3.24. The van der Waals surface area contributed by atoms with Gasteiger partial charge in [-0.15, -0.1) is 0 Å². The fraction of sp³-hybridized carbons (Fsp3) is 0.167. The molecule has 1 heterocycles. The van der Waals surface area contributed by atoms with Crippen LogP contribution in [0.4, 0.5) is 18.0 Å². The number of halogens is 3. The zero-order valence-corrected chi connectivity index (χ0v) is 14.1. The molecule has 0 aliphatic carbocycles. The van der Waals surface area contributed by atoms with E-state index in [0.717, 1.165) is 37.1 Å². The highest BCUT2D eigenvalue weighted by Crippen LogP contribution is 2.27. The fourth-order valence-electron chi connectivity index (χ4n) is 1.95. The molecule has 9 heteroatoms. The number of aromatic nitrogens is 1. The summed E-state index contributed by atoms with van der Waals surface area (Å²) in [6.45, 7) is -0.0248. The molecule has 0 radical (unpaired) electrons. The number of nitrogens with one attached hydrogen (secondary N) is 1. The number of carbonyl (C=O) groups excluding carboxylic acids is 2. The van der Waals surface area contributed by atoms with Crippen LogP contribution in [0.3, 0.4) is 0 Å². The van der Waals surface area contributed by atoms with Crippen LogP contribution in [0.15, 0.2) is 54.4 Å². The first-order valence-corrected chi connectivity index (χ1v) is 7.60. The van der Waals surface area contributed by atoms with Crippen LogP contribution in [0.1, 0.15) is 16.8 Å². The second-order valence-corrected chi connectivity index (χ2v) is 5.21. The summed E-state index contributed by atoms with van der Waals surface area (Å²) in [4.78, 5) is 26.9. The number of methoxy groups -OCH3 is 1. The molecule has 0 fully saturated rings. The van der Waals surface area contributed by atoms with Crippen LogP contribution in [0.2, 0.25) is 0 Å². The smallest absolute Gasteiger partial charge is 0.433 e. The van der Waals surface area contributed by atoms with Gasteiger partial charge in [0.2, 0.25) is 0 Å². The largest absolute Gasteiger partial charge is 0.464 e. The molecule has 1 aromatic heterocycles. The van der Waals surface area contributed by atoms with Crippen molar-refractivity contribution in [2.75, 3.05) is 7.11 Å². The van der Waals surface area contributed by atoms with Gasteiger partial charge >= 0.3 is 18.2 Å². The van der Waals surface area contributed by atoms with Gasteiger partial charge in [0.1, 0.15) is 18.0 Å². The quantitative estimate of drug-likeness (QED) is 0.634. The number of rotatable bonds is 5. The molecular weight excluding hydrogens is 365 g/mol. The average molecular weight is 380 g/mol. The number of alkyl carbamates (subject to hydrolysis) is 1. The molecule has 1 aromatic carbocycles. The summed E-state index contributed by atoms with van der Waals surface area (Å²) in [7, 11) is 1.10. The van der Waals surface area contributed by atoms with E-state index in [1.54, 1.807) is 30.3 Å². The molecule has 142 valence electrons. The van der Waals surface area contributed by atoms with Crippen molar-refractivity contribution in [3.8, 4) is 0 Å². The predicted molar refractivity (Wildman–Crippen MR) is 89.0 cm³/mol. The highest BCUT2D eigenvalue weighted by Gasteiger charge is 2.32. The Morgan fingerprint density at radius 3 is 2.41 bits per heavy atom. The maximum Gasteiger partial charge on any atom is 0.433 e.